The topological polar surface area (TPSA) is 58.2 Å². The van der Waals surface area contributed by atoms with Crippen LogP contribution in [0.5, 0.6) is 0 Å². The van der Waals surface area contributed by atoms with Crippen molar-refractivity contribution in [2.24, 2.45) is 0 Å². The third kappa shape index (κ3) is 3.89. The van der Waals surface area contributed by atoms with Crippen LogP contribution in [0.4, 0.5) is 4.39 Å². The maximum Gasteiger partial charge on any atom is 0.243 e. The molecule has 0 saturated carbocycles. The van der Waals surface area contributed by atoms with Crippen LogP contribution in [0, 0.1) is 5.82 Å². The molecule has 19 heavy (non-hydrogen) atoms. The number of hydrogen-bond acceptors (Lipinski definition) is 3. The molecule has 0 bridgehead atoms. The van der Waals surface area contributed by atoms with Crippen molar-refractivity contribution < 1.29 is 12.8 Å². The Morgan fingerprint density at radius 1 is 1.32 bits per heavy atom. The van der Waals surface area contributed by atoms with E-state index in [0.29, 0.717) is 6.42 Å². The van der Waals surface area contributed by atoms with Gasteiger partial charge in [0, 0.05) is 11.1 Å². The van der Waals surface area contributed by atoms with Crippen molar-refractivity contribution >= 4 is 21.6 Å². The molecule has 2 rings (SSSR count). The summed E-state index contributed by atoms with van der Waals surface area (Å²) in [6, 6.07) is 3.41. The molecular weight excluding hydrogens is 291 g/mol. The van der Waals surface area contributed by atoms with Crippen molar-refractivity contribution in [3.8, 4) is 0 Å². The van der Waals surface area contributed by atoms with Crippen LogP contribution in [-0.2, 0) is 10.0 Å². The van der Waals surface area contributed by atoms with Crippen LogP contribution in [0.25, 0.3) is 0 Å². The summed E-state index contributed by atoms with van der Waals surface area (Å²) in [6.45, 7) is 1.64. The van der Waals surface area contributed by atoms with Gasteiger partial charge in [-0.15, -0.1) is 0 Å². The maximum absolute atomic E-state index is 13.7. The van der Waals surface area contributed by atoms with E-state index in [4.69, 9.17) is 11.6 Å². The van der Waals surface area contributed by atoms with Crippen molar-refractivity contribution in [1.29, 1.82) is 0 Å². The molecule has 2 N–H and O–H groups in total. The first-order valence-electron chi connectivity index (χ1n) is 6.17. The fourth-order valence-corrected chi connectivity index (χ4v) is 3.64. The average molecular weight is 307 g/mol. The Morgan fingerprint density at radius 2 is 2.11 bits per heavy atom. The van der Waals surface area contributed by atoms with Crippen LogP contribution >= 0.6 is 11.6 Å². The first kappa shape index (κ1) is 14.7. The Kier molecular flexibility index (Phi) is 4.78. The van der Waals surface area contributed by atoms with Crippen molar-refractivity contribution in [3.63, 3.8) is 0 Å². The molecular formula is C12H16ClFN2O2S. The van der Waals surface area contributed by atoms with E-state index in [1.807, 2.05) is 0 Å². The van der Waals surface area contributed by atoms with Crippen LogP contribution in [-0.4, -0.2) is 27.5 Å². The lowest BCUT2D eigenvalue weighted by molar-refractivity contribution is 0.510. The standard InChI is InChI=1S/C12H16ClFN2O2S/c13-9-3-4-12(11(14)8-9)19(17,18)16-10-2-1-6-15-7-5-10/h3-4,8,10,15-16H,1-2,5-7H2. The molecule has 1 atom stereocenters. The molecule has 1 aliphatic rings. The monoisotopic (exact) mass is 306 g/mol. The van der Waals surface area contributed by atoms with Gasteiger partial charge in [-0.2, -0.15) is 0 Å². The summed E-state index contributed by atoms with van der Waals surface area (Å²) in [5.41, 5.74) is 0. The highest BCUT2D eigenvalue weighted by Crippen LogP contribution is 2.20. The highest BCUT2D eigenvalue weighted by atomic mass is 35.5. The molecule has 1 aromatic rings. The maximum atomic E-state index is 13.7. The number of hydrogen-bond donors (Lipinski definition) is 2. The SMILES string of the molecule is O=S(=O)(NC1CCCNCC1)c1ccc(Cl)cc1F. The third-order valence-electron chi connectivity index (χ3n) is 3.08. The molecule has 1 heterocycles. The zero-order chi connectivity index (χ0) is 13.9. The predicted molar refractivity (Wildman–Crippen MR) is 72.2 cm³/mol. The van der Waals surface area contributed by atoms with Crippen LogP contribution < -0.4 is 10.0 Å². The molecule has 0 aliphatic carbocycles. The normalized spacial score (nSPS) is 21.1. The molecule has 1 aromatic carbocycles. The first-order chi connectivity index (χ1) is 8.99. The Bertz CT molecular complexity index is 543. The van der Waals surface area contributed by atoms with E-state index in [-0.39, 0.29) is 16.0 Å². The van der Waals surface area contributed by atoms with E-state index in [1.54, 1.807) is 0 Å². The Labute approximate surface area is 117 Å². The van der Waals surface area contributed by atoms with Crippen molar-refractivity contribution in [3.05, 3.63) is 29.0 Å². The van der Waals surface area contributed by atoms with Gasteiger partial charge in [-0.05, 0) is 50.6 Å². The minimum atomic E-state index is -3.83. The zero-order valence-corrected chi connectivity index (χ0v) is 11.9. The molecule has 106 valence electrons. The van der Waals surface area contributed by atoms with Crippen LogP contribution in [0.3, 0.4) is 0 Å². The van der Waals surface area contributed by atoms with Crippen LogP contribution in [0.15, 0.2) is 23.1 Å². The van der Waals surface area contributed by atoms with E-state index in [1.165, 1.54) is 12.1 Å². The summed E-state index contributed by atoms with van der Waals surface area (Å²) in [6.07, 6.45) is 2.35. The first-order valence-corrected chi connectivity index (χ1v) is 8.03. The van der Waals surface area contributed by atoms with Crippen molar-refractivity contribution in [1.82, 2.24) is 10.0 Å². The third-order valence-corrected chi connectivity index (χ3v) is 4.87. The highest BCUT2D eigenvalue weighted by Gasteiger charge is 2.23. The summed E-state index contributed by atoms with van der Waals surface area (Å²) < 4.78 is 40.5. The van der Waals surface area contributed by atoms with E-state index in [0.717, 1.165) is 32.0 Å². The molecule has 1 saturated heterocycles. The second-order valence-electron chi connectivity index (χ2n) is 4.57. The highest BCUT2D eigenvalue weighted by molar-refractivity contribution is 7.89. The largest absolute Gasteiger partial charge is 0.317 e. The van der Waals surface area contributed by atoms with Gasteiger partial charge in [-0.25, -0.2) is 17.5 Å². The van der Waals surface area contributed by atoms with E-state index in [9.17, 15) is 12.8 Å². The van der Waals surface area contributed by atoms with Gasteiger partial charge in [0.05, 0.1) is 0 Å². The summed E-state index contributed by atoms with van der Waals surface area (Å²) in [5, 5.41) is 3.37. The van der Waals surface area contributed by atoms with Crippen LogP contribution in [0.1, 0.15) is 19.3 Å². The van der Waals surface area contributed by atoms with E-state index in [2.05, 4.69) is 10.0 Å². The smallest absolute Gasteiger partial charge is 0.243 e. The molecule has 0 radical (unpaired) electrons. The van der Waals surface area contributed by atoms with Gasteiger partial charge in [0.2, 0.25) is 10.0 Å². The van der Waals surface area contributed by atoms with E-state index >= 15 is 0 Å². The van der Waals surface area contributed by atoms with E-state index < -0.39 is 15.8 Å². The lowest BCUT2D eigenvalue weighted by atomic mass is 10.1. The molecule has 1 unspecified atom stereocenters. The van der Waals surface area contributed by atoms with Gasteiger partial charge in [-0.1, -0.05) is 11.6 Å². The van der Waals surface area contributed by atoms with Gasteiger partial charge in [0.25, 0.3) is 0 Å². The average Bonchev–Trinajstić information content (AvgIpc) is 2.56. The number of halogens is 2. The fourth-order valence-electron chi connectivity index (χ4n) is 2.11. The van der Waals surface area contributed by atoms with Crippen molar-refractivity contribution in [2.75, 3.05) is 13.1 Å². The molecule has 1 fully saturated rings. The molecule has 7 heteroatoms. The summed E-state index contributed by atoms with van der Waals surface area (Å²) >= 11 is 5.62. The van der Waals surface area contributed by atoms with Gasteiger partial charge >= 0.3 is 0 Å². The number of nitrogens with one attached hydrogen (secondary N) is 2. The number of rotatable bonds is 3. The molecule has 4 nitrogen and oxygen atoms in total. The Balaban J connectivity index is 2.17. The lowest BCUT2D eigenvalue weighted by Gasteiger charge is -2.16. The fraction of sp³-hybridized carbons (Fsp3) is 0.500. The van der Waals surface area contributed by atoms with Gasteiger partial charge in [0.15, 0.2) is 0 Å². The van der Waals surface area contributed by atoms with Gasteiger partial charge in [-0.3, -0.25) is 0 Å². The predicted octanol–water partition coefficient (Wildman–Crippen LogP) is 1.90. The second-order valence-corrected chi connectivity index (χ2v) is 6.69. The zero-order valence-electron chi connectivity index (χ0n) is 10.3. The quantitative estimate of drug-likeness (QED) is 0.897. The summed E-state index contributed by atoms with van der Waals surface area (Å²) in [5.74, 6) is -0.827. The Morgan fingerprint density at radius 3 is 2.84 bits per heavy atom. The van der Waals surface area contributed by atoms with Gasteiger partial charge in [0.1, 0.15) is 10.7 Å². The minimum Gasteiger partial charge on any atom is -0.317 e. The minimum absolute atomic E-state index is 0.157. The molecule has 0 aromatic heterocycles. The molecule has 1 aliphatic heterocycles. The van der Waals surface area contributed by atoms with Crippen LogP contribution in [0.2, 0.25) is 5.02 Å². The molecule has 0 amide bonds. The second kappa shape index (κ2) is 6.17. The lowest BCUT2D eigenvalue weighted by Crippen LogP contribution is -2.35. The number of sulfonamides is 1. The summed E-state index contributed by atoms with van der Waals surface area (Å²) in [4.78, 5) is -0.353. The van der Waals surface area contributed by atoms with Gasteiger partial charge < -0.3 is 5.32 Å². The Hall–Kier alpha value is -0.690. The van der Waals surface area contributed by atoms with Crippen molar-refractivity contribution in [2.45, 2.75) is 30.2 Å². The molecule has 0 spiro atoms. The summed E-state index contributed by atoms with van der Waals surface area (Å²) in [7, 11) is -3.83. The number of benzene rings is 1.